The Morgan fingerprint density at radius 1 is 1.12 bits per heavy atom. The predicted molar refractivity (Wildman–Crippen MR) is 110 cm³/mol. The van der Waals surface area contributed by atoms with Gasteiger partial charge in [0.1, 0.15) is 29.0 Å². The highest BCUT2D eigenvalue weighted by Gasteiger charge is 2.21. The first-order chi connectivity index (χ1) is 12.5. The van der Waals surface area contributed by atoms with Gasteiger partial charge in [0.2, 0.25) is 0 Å². The summed E-state index contributed by atoms with van der Waals surface area (Å²) in [6.07, 6.45) is 1.80. The van der Waals surface area contributed by atoms with E-state index < -0.39 is 0 Å². The molecule has 6 heteroatoms. The van der Waals surface area contributed by atoms with E-state index in [0.717, 1.165) is 22.6 Å². The highest BCUT2D eigenvalue weighted by atomic mass is 32.2. The Hall–Kier alpha value is -2.31. The smallest absolute Gasteiger partial charge is 0.263 e. The third kappa shape index (κ3) is 4.86. The number of benzene rings is 2. The Balaban J connectivity index is 1.56. The summed E-state index contributed by atoms with van der Waals surface area (Å²) in [6.45, 7) is 4.96. The number of nitrogens with one attached hydrogen (secondary N) is 1. The van der Waals surface area contributed by atoms with Gasteiger partial charge in [-0.05, 0) is 54.8 Å². The second-order valence-electron chi connectivity index (χ2n) is 5.89. The van der Waals surface area contributed by atoms with Crippen molar-refractivity contribution in [1.82, 2.24) is 5.32 Å². The number of hydrogen-bond donors (Lipinski definition) is 1. The van der Waals surface area contributed by atoms with Crippen molar-refractivity contribution in [3.63, 3.8) is 0 Å². The molecular weight excluding hydrogens is 366 g/mol. The van der Waals surface area contributed by atoms with Gasteiger partial charge in [-0.2, -0.15) is 0 Å². The van der Waals surface area contributed by atoms with Crippen molar-refractivity contribution in [2.24, 2.45) is 0 Å². The van der Waals surface area contributed by atoms with Gasteiger partial charge < -0.3 is 14.8 Å². The number of carbonyl (C=O) groups is 1. The third-order valence-electron chi connectivity index (χ3n) is 3.75. The molecule has 1 saturated heterocycles. The van der Waals surface area contributed by atoms with Crippen LogP contribution in [0.25, 0.3) is 6.08 Å². The van der Waals surface area contributed by atoms with Crippen molar-refractivity contribution in [3.8, 4) is 11.5 Å². The maximum absolute atomic E-state index is 11.7. The molecule has 4 nitrogen and oxygen atoms in total. The molecule has 26 heavy (non-hydrogen) atoms. The van der Waals surface area contributed by atoms with Gasteiger partial charge in [0.05, 0.1) is 4.91 Å². The second kappa shape index (κ2) is 8.38. The second-order valence-corrected chi connectivity index (χ2v) is 7.61. The minimum atomic E-state index is -0.159. The van der Waals surface area contributed by atoms with Gasteiger partial charge in [0, 0.05) is 0 Å². The molecule has 0 unspecified atom stereocenters. The molecule has 0 saturated carbocycles. The SMILES string of the molecule is Cc1ccc(C)c(OCCOc2cccc(C=C3SC(=S)NC3=O)c2)c1. The van der Waals surface area contributed by atoms with E-state index in [1.807, 2.05) is 50.2 Å². The van der Waals surface area contributed by atoms with Gasteiger partial charge in [-0.15, -0.1) is 0 Å². The Bertz CT molecular complexity index is 877. The van der Waals surface area contributed by atoms with E-state index in [1.165, 1.54) is 17.3 Å². The third-order valence-corrected chi connectivity index (χ3v) is 4.91. The fourth-order valence-electron chi connectivity index (χ4n) is 2.44. The van der Waals surface area contributed by atoms with E-state index in [2.05, 4.69) is 11.4 Å². The van der Waals surface area contributed by atoms with Crippen molar-refractivity contribution in [2.45, 2.75) is 13.8 Å². The monoisotopic (exact) mass is 385 g/mol. The van der Waals surface area contributed by atoms with Crippen molar-refractivity contribution < 1.29 is 14.3 Å². The van der Waals surface area contributed by atoms with Gasteiger partial charge in [-0.1, -0.05) is 48.2 Å². The fraction of sp³-hybridized carbons (Fsp3) is 0.200. The first kappa shape index (κ1) is 18.5. The van der Waals surface area contributed by atoms with E-state index >= 15 is 0 Å². The molecule has 134 valence electrons. The van der Waals surface area contributed by atoms with Crippen LogP contribution >= 0.6 is 24.0 Å². The average Bonchev–Trinajstić information content (AvgIpc) is 2.92. The van der Waals surface area contributed by atoms with Gasteiger partial charge in [-0.25, -0.2) is 0 Å². The van der Waals surface area contributed by atoms with Crippen LogP contribution in [0.1, 0.15) is 16.7 Å². The molecule has 1 fully saturated rings. The Kier molecular flexibility index (Phi) is 5.96. The zero-order chi connectivity index (χ0) is 18.5. The standard InChI is InChI=1S/C20H19NO3S2/c1-13-6-7-14(2)17(10-13)24-9-8-23-16-5-3-4-15(11-16)12-18-19(22)21-20(25)26-18/h3-7,10-12H,8-9H2,1-2H3,(H,21,22,25). The molecule has 2 aromatic rings. The lowest BCUT2D eigenvalue weighted by Crippen LogP contribution is -2.17. The lowest BCUT2D eigenvalue weighted by Gasteiger charge is -2.11. The highest BCUT2D eigenvalue weighted by Crippen LogP contribution is 2.27. The molecule has 0 bridgehead atoms. The van der Waals surface area contributed by atoms with E-state index in [1.54, 1.807) is 6.08 Å². The summed E-state index contributed by atoms with van der Waals surface area (Å²) in [5.74, 6) is 1.45. The molecular formula is C20H19NO3S2. The molecule has 1 aliphatic heterocycles. The normalized spacial score (nSPS) is 15.2. The van der Waals surface area contributed by atoms with Crippen LogP contribution in [0.3, 0.4) is 0 Å². The molecule has 1 heterocycles. The van der Waals surface area contributed by atoms with Crippen molar-refractivity contribution in [1.29, 1.82) is 0 Å². The van der Waals surface area contributed by atoms with Crippen LogP contribution in [0, 0.1) is 13.8 Å². The minimum absolute atomic E-state index is 0.159. The van der Waals surface area contributed by atoms with E-state index in [9.17, 15) is 4.79 Å². The first-order valence-corrected chi connectivity index (χ1v) is 9.41. The molecule has 0 aromatic heterocycles. The number of carbonyl (C=O) groups excluding carboxylic acids is 1. The number of aryl methyl sites for hydroxylation is 2. The zero-order valence-corrected chi connectivity index (χ0v) is 16.2. The lowest BCUT2D eigenvalue weighted by atomic mass is 10.1. The molecule has 1 aliphatic rings. The van der Waals surface area contributed by atoms with Gasteiger partial charge in [0.25, 0.3) is 5.91 Å². The first-order valence-electron chi connectivity index (χ1n) is 8.19. The summed E-state index contributed by atoms with van der Waals surface area (Å²) in [4.78, 5) is 12.3. The molecule has 1 N–H and O–H groups in total. The van der Waals surface area contributed by atoms with Crippen LogP contribution in [0.2, 0.25) is 0 Å². The summed E-state index contributed by atoms with van der Waals surface area (Å²) >= 11 is 6.26. The molecule has 2 aromatic carbocycles. The molecule has 0 aliphatic carbocycles. The quantitative estimate of drug-likeness (QED) is 0.458. The van der Waals surface area contributed by atoms with Crippen LogP contribution in [0.15, 0.2) is 47.4 Å². The van der Waals surface area contributed by atoms with Crippen molar-refractivity contribution >= 4 is 40.3 Å². The number of thioether (sulfide) groups is 1. The number of hydrogen-bond acceptors (Lipinski definition) is 5. The van der Waals surface area contributed by atoms with Crippen molar-refractivity contribution in [2.75, 3.05) is 13.2 Å². The Labute approximate surface area is 162 Å². The molecule has 0 spiro atoms. The summed E-state index contributed by atoms with van der Waals surface area (Å²) in [6, 6.07) is 13.7. The molecule has 1 amide bonds. The van der Waals surface area contributed by atoms with Crippen LogP contribution in [-0.2, 0) is 4.79 Å². The van der Waals surface area contributed by atoms with Crippen molar-refractivity contribution in [3.05, 3.63) is 64.1 Å². The van der Waals surface area contributed by atoms with E-state index in [4.69, 9.17) is 21.7 Å². The van der Waals surface area contributed by atoms with Gasteiger partial charge in [-0.3, -0.25) is 4.79 Å². The van der Waals surface area contributed by atoms with E-state index in [-0.39, 0.29) is 5.91 Å². The Morgan fingerprint density at radius 2 is 1.92 bits per heavy atom. The summed E-state index contributed by atoms with van der Waals surface area (Å²) in [5, 5.41) is 2.61. The van der Waals surface area contributed by atoms with Crippen LogP contribution in [0.5, 0.6) is 11.5 Å². The largest absolute Gasteiger partial charge is 0.490 e. The summed E-state index contributed by atoms with van der Waals surface area (Å²) in [5.41, 5.74) is 3.16. The topological polar surface area (TPSA) is 47.6 Å². The van der Waals surface area contributed by atoms with Gasteiger partial charge >= 0.3 is 0 Å². The van der Waals surface area contributed by atoms with Gasteiger partial charge in [0.15, 0.2) is 0 Å². The Morgan fingerprint density at radius 3 is 2.69 bits per heavy atom. The van der Waals surface area contributed by atoms with E-state index in [0.29, 0.717) is 22.4 Å². The molecule has 3 rings (SSSR count). The minimum Gasteiger partial charge on any atom is -0.490 e. The number of amides is 1. The average molecular weight is 386 g/mol. The maximum atomic E-state index is 11.7. The number of rotatable bonds is 6. The summed E-state index contributed by atoms with van der Waals surface area (Å²) < 4.78 is 12.0. The number of thiocarbonyl (C=S) groups is 1. The predicted octanol–water partition coefficient (Wildman–Crippen LogP) is 4.25. The van der Waals surface area contributed by atoms with Crippen LogP contribution < -0.4 is 14.8 Å². The lowest BCUT2D eigenvalue weighted by molar-refractivity contribution is -0.115. The highest BCUT2D eigenvalue weighted by molar-refractivity contribution is 8.26. The fourth-order valence-corrected chi connectivity index (χ4v) is 3.48. The summed E-state index contributed by atoms with van der Waals surface area (Å²) in [7, 11) is 0. The molecule has 0 atom stereocenters. The molecule has 0 radical (unpaired) electrons. The van der Waals surface area contributed by atoms with Crippen LogP contribution in [-0.4, -0.2) is 23.4 Å². The zero-order valence-electron chi connectivity index (χ0n) is 14.6. The maximum Gasteiger partial charge on any atom is 0.263 e. The number of ether oxygens (including phenoxy) is 2. The van der Waals surface area contributed by atoms with Crippen LogP contribution in [0.4, 0.5) is 0 Å².